The van der Waals surface area contributed by atoms with Crippen molar-refractivity contribution in [2.45, 2.75) is 45.8 Å². The molecule has 1 N–H and O–H groups in total. The molecule has 2 aromatic rings. The molecule has 1 unspecified atom stereocenters. The zero-order valence-electron chi connectivity index (χ0n) is 13.2. The summed E-state index contributed by atoms with van der Waals surface area (Å²) >= 11 is 1.54. The lowest BCUT2D eigenvalue weighted by Crippen LogP contribution is -2.39. The summed E-state index contributed by atoms with van der Waals surface area (Å²) in [6.07, 6.45) is -0.479. The van der Waals surface area contributed by atoms with Gasteiger partial charge in [-0.15, -0.1) is 0 Å². The molecule has 2 rings (SSSR count). The van der Waals surface area contributed by atoms with Crippen LogP contribution in [0.5, 0.6) is 0 Å². The van der Waals surface area contributed by atoms with Crippen LogP contribution in [0.2, 0.25) is 0 Å². The van der Waals surface area contributed by atoms with Gasteiger partial charge >= 0.3 is 5.97 Å². The van der Waals surface area contributed by atoms with Gasteiger partial charge in [0.15, 0.2) is 6.10 Å². The maximum absolute atomic E-state index is 11.8. The number of esters is 1. The van der Waals surface area contributed by atoms with E-state index in [9.17, 15) is 9.59 Å². The molecule has 7 nitrogen and oxygen atoms in total. The van der Waals surface area contributed by atoms with Crippen LogP contribution in [-0.4, -0.2) is 34.2 Å². The molecule has 0 spiro atoms. The number of aromatic nitrogens is 2. The van der Waals surface area contributed by atoms with Gasteiger partial charge in [-0.2, -0.15) is 16.3 Å². The summed E-state index contributed by atoms with van der Waals surface area (Å²) in [5.74, 6) is 0.0688. The third kappa shape index (κ3) is 5.17. The zero-order chi connectivity index (χ0) is 16.8. The van der Waals surface area contributed by atoms with Crippen LogP contribution >= 0.6 is 11.3 Å². The van der Waals surface area contributed by atoms with Gasteiger partial charge in [0.25, 0.3) is 5.91 Å². The first-order valence-electron chi connectivity index (χ1n) is 7.30. The number of carbonyl (C=O) groups excluding carboxylic acids is 2. The van der Waals surface area contributed by atoms with Crippen LogP contribution in [0, 0.1) is 0 Å². The molecule has 0 aromatic carbocycles. The van der Waals surface area contributed by atoms with Gasteiger partial charge in [0.05, 0.1) is 6.42 Å². The number of thiophene rings is 1. The average Bonchev–Trinajstić information content (AvgIpc) is 3.15. The Morgan fingerprint density at radius 3 is 2.83 bits per heavy atom. The van der Waals surface area contributed by atoms with Gasteiger partial charge < -0.3 is 14.6 Å². The average molecular weight is 337 g/mol. The van der Waals surface area contributed by atoms with E-state index < -0.39 is 12.1 Å². The van der Waals surface area contributed by atoms with Crippen LogP contribution in [0.15, 0.2) is 21.3 Å². The lowest BCUT2D eigenvalue weighted by Gasteiger charge is -2.15. The van der Waals surface area contributed by atoms with Gasteiger partial charge in [0, 0.05) is 23.4 Å². The molecule has 0 aliphatic carbocycles. The van der Waals surface area contributed by atoms with Crippen molar-refractivity contribution in [3.8, 4) is 11.4 Å². The minimum Gasteiger partial charge on any atom is -0.453 e. The topological polar surface area (TPSA) is 94.3 Å². The van der Waals surface area contributed by atoms with Gasteiger partial charge in [-0.25, -0.2) is 0 Å². The second-order valence-electron chi connectivity index (χ2n) is 5.32. The lowest BCUT2D eigenvalue weighted by atomic mass is 10.3. The zero-order valence-corrected chi connectivity index (χ0v) is 14.1. The number of rotatable bonds is 7. The highest BCUT2D eigenvalue weighted by molar-refractivity contribution is 7.08. The Morgan fingerprint density at radius 2 is 2.17 bits per heavy atom. The molecular formula is C15H19N3O4S. The Kier molecular flexibility index (Phi) is 5.86. The lowest BCUT2D eigenvalue weighted by molar-refractivity contribution is -0.155. The molecule has 2 aromatic heterocycles. The van der Waals surface area contributed by atoms with Crippen LogP contribution in [0.25, 0.3) is 11.4 Å². The fourth-order valence-corrected chi connectivity index (χ4v) is 2.42. The Morgan fingerprint density at radius 1 is 1.39 bits per heavy atom. The molecule has 0 aliphatic heterocycles. The molecule has 8 heteroatoms. The van der Waals surface area contributed by atoms with E-state index in [0.717, 1.165) is 5.56 Å². The third-order valence-corrected chi connectivity index (χ3v) is 3.58. The van der Waals surface area contributed by atoms with Crippen molar-refractivity contribution in [1.82, 2.24) is 15.5 Å². The van der Waals surface area contributed by atoms with Crippen molar-refractivity contribution in [3.63, 3.8) is 0 Å². The molecule has 0 saturated carbocycles. The van der Waals surface area contributed by atoms with Crippen LogP contribution < -0.4 is 5.32 Å². The fraction of sp³-hybridized carbons (Fsp3) is 0.467. The molecule has 0 bridgehead atoms. The first-order valence-corrected chi connectivity index (χ1v) is 8.25. The minimum atomic E-state index is -0.825. The van der Waals surface area contributed by atoms with Crippen LogP contribution in [-0.2, 0) is 20.7 Å². The van der Waals surface area contributed by atoms with Gasteiger partial charge in [-0.05, 0) is 32.2 Å². The molecule has 23 heavy (non-hydrogen) atoms. The smallest absolute Gasteiger partial charge is 0.307 e. The summed E-state index contributed by atoms with van der Waals surface area (Å²) in [5.41, 5.74) is 0.881. The number of carbonyl (C=O) groups is 2. The van der Waals surface area contributed by atoms with E-state index in [0.29, 0.717) is 11.7 Å². The highest BCUT2D eigenvalue weighted by Crippen LogP contribution is 2.19. The van der Waals surface area contributed by atoms with Gasteiger partial charge in [0.2, 0.25) is 11.7 Å². The number of ether oxygens (including phenoxy) is 1. The number of amides is 1. The Labute approximate surface area is 138 Å². The summed E-state index contributed by atoms with van der Waals surface area (Å²) in [4.78, 5) is 27.7. The van der Waals surface area contributed by atoms with Crippen LogP contribution in [0.1, 0.15) is 33.1 Å². The molecular weight excluding hydrogens is 318 g/mol. The highest BCUT2D eigenvalue weighted by atomic mass is 32.1. The Bertz CT molecular complexity index is 651. The monoisotopic (exact) mass is 337 g/mol. The predicted octanol–water partition coefficient (Wildman–Crippen LogP) is 2.19. The summed E-state index contributed by atoms with van der Waals surface area (Å²) < 4.78 is 10.2. The highest BCUT2D eigenvalue weighted by Gasteiger charge is 2.19. The fourth-order valence-electron chi connectivity index (χ4n) is 1.79. The van der Waals surface area contributed by atoms with E-state index in [4.69, 9.17) is 9.26 Å². The number of nitrogens with one attached hydrogen (secondary N) is 1. The SMILES string of the molecule is CC(C)NC(=O)C(C)OC(=O)CCc1nc(-c2ccsc2)no1. The van der Waals surface area contributed by atoms with E-state index in [-0.39, 0.29) is 24.8 Å². The van der Waals surface area contributed by atoms with Crippen molar-refractivity contribution in [2.24, 2.45) is 0 Å². The second kappa shape index (κ2) is 7.87. The number of nitrogens with zero attached hydrogens (tertiary/aromatic N) is 2. The van der Waals surface area contributed by atoms with Crippen molar-refractivity contribution in [3.05, 3.63) is 22.7 Å². The first-order chi connectivity index (χ1) is 11.0. The molecule has 2 heterocycles. The Hall–Kier alpha value is -2.22. The second-order valence-corrected chi connectivity index (χ2v) is 6.10. The largest absolute Gasteiger partial charge is 0.453 e. The number of hydrogen-bond donors (Lipinski definition) is 1. The maximum atomic E-state index is 11.8. The minimum absolute atomic E-state index is 0.00225. The summed E-state index contributed by atoms with van der Waals surface area (Å²) in [7, 11) is 0. The van der Waals surface area contributed by atoms with E-state index >= 15 is 0 Å². The molecule has 0 radical (unpaired) electrons. The molecule has 0 saturated heterocycles. The predicted molar refractivity (Wildman–Crippen MR) is 84.8 cm³/mol. The van der Waals surface area contributed by atoms with Crippen LogP contribution in [0.3, 0.4) is 0 Å². The van der Waals surface area contributed by atoms with Gasteiger partial charge in [-0.1, -0.05) is 5.16 Å². The quantitative estimate of drug-likeness (QED) is 0.778. The standard InChI is InChI=1S/C15H19N3O4S/c1-9(2)16-15(20)10(3)21-13(19)5-4-12-17-14(18-22-12)11-6-7-23-8-11/h6-10H,4-5H2,1-3H3,(H,16,20). The summed E-state index contributed by atoms with van der Waals surface area (Å²) in [6.45, 7) is 5.22. The normalized spacial score (nSPS) is 12.2. The molecule has 0 fully saturated rings. The van der Waals surface area contributed by atoms with Crippen LogP contribution in [0.4, 0.5) is 0 Å². The van der Waals surface area contributed by atoms with Gasteiger partial charge in [0.1, 0.15) is 0 Å². The van der Waals surface area contributed by atoms with Gasteiger partial charge in [-0.3, -0.25) is 9.59 Å². The molecule has 0 aliphatic rings. The van der Waals surface area contributed by atoms with E-state index in [2.05, 4.69) is 15.5 Å². The van der Waals surface area contributed by atoms with Crippen molar-refractivity contribution >= 4 is 23.2 Å². The third-order valence-electron chi connectivity index (χ3n) is 2.90. The maximum Gasteiger partial charge on any atom is 0.307 e. The van der Waals surface area contributed by atoms with E-state index in [1.165, 1.54) is 6.92 Å². The number of aryl methyl sites for hydroxylation is 1. The first kappa shape index (κ1) is 17.1. The molecule has 124 valence electrons. The van der Waals surface area contributed by atoms with E-state index in [1.807, 2.05) is 30.7 Å². The molecule has 1 amide bonds. The van der Waals surface area contributed by atoms with Crippen molar-refractivity contribution in [1.29, 1.82) is 0 Å². The number of hydrogen-bond acceptors (Lipinski definition) is 7. The molecule has 1 atom stereocenters. The van der Waals surface area contributed by atoms with E-state index in [1.54, 1.807) is 11.3 Å². The summed E-state index contributed by atoms with van der Waals surface area (Å²) in [6, 6.07) is 1.89. The van der Waals surface area contributed by atoms with Crippen molar-refractivity contribution in [2.75, 3.05) is 0 Å². The Balaban J connectivity index is 1.79. The summed E-state index contributed by atoms with van der Waals surface area (Å²) in [5, 5.41) is 10.4. The van der Waals surface area contributed by atoms with Crippen molar-refractivity contribution < 1.29 is 18.8 Å².